The van der Waals surface area contributed by atoms with Gasteiger partial charge in [-0.15, -0.1) is 0 Å². The molecular formula is C44H45F2N19S2. The molecular weight excluding hydrogens is 897 g/mol. The van der Waals surface area contributed by atoms with Crippen molar-refractivity contribution in [1.82, 2.24) is 70.4 Å². The maximum atomic E-state index is 13.9. The molecule has 8 aromatic heterocycles. The number of anilines is 4. The summed E-state index contributed by atoms with van der Waals surface area (Å²) in [6.45, 7) is 3.48. The molecule has 0 unspecified atom stereocenters. The van der Waals surface area contributed by atoms with Crippen molar-refractivity contribution in [3.8, 4) is 0 Å². The van der Waals surface area contributed by atoms with Gasteiger partial charge in [0.05, 0.1) is 56.6 Å². The molecule has 10 rings (SSSR count). The number of nitrogens with one attached hydrogen (secondary N) is 7. The second kappa shape index (κ2) is 21.2. The average Bonchev–Trinajstić information content (AvgIpc) is 4.15. The summed E-state index contributed by atoms with van der Waals surface area (Å²) in [6, 6.07) is 21.9. The number of pyridine rings is 2. The van der Waals surface area contributed by atoms with E-state index in [0.29, 0.717) is 43.7 Å². The van der Waals surface area contributed by atoms with Crippen molar-refractivity contribution in [2.24, 2.45) is 5.84 Å². The number of rotatable bonds is 19. The number of para-hydroxylation sites is 4. The third-order valence-corrected chi connectivity index (χ3v) is 12.3. The first-order valence-corrected chi connectivity index (χ1v) is 23.0. The van der Waals surface area contributed by atoms with E-state index < -0.39 is 0 Å². The summed E-state index contributed by atoms with van der Waals surface area (Å²) < 4.78 is 27.8. The fourth-order valence-electron chi connectivity index (χ4n) is 7.01. The highest BCUT2D eigenvalue weighted by atomic mass is 32.1. The minimum absolute atomic E-state index is 0.144. The van der Waals surface area contributed by atoms with Crippen LogP contribution < -0.4 is 38.3 Å². The Morgan fingerprint density at radius 2 is 1.03 bits per heavy atom. The normalized spacial score (nSPS) is 11.4. The highest BCUT2D eigenvalue weighted by Crippen LogP contribution is 2.29. The smallest absolute Gasteiger partial charge is 0.240 e. The van der Waals surface area contributed by atoms with E-state index in [1.54, 1.807) is 24.5 Å². The van der Waals surface area contributed by atoms with Crippen LogP contribution in [0.3, 0.4) is 0 Å². The van der Waals surface area contributed by atoms with E-state index >= 15 is 0 Å². The zero-order chi connectivity index (χ0) is 46.0. The Balaban J connectivity index is 0.000000168. The molecule has 0 radical (unpaired) electrons. The van der Waals surface area contributed by atoms with Crippen molar-refractivity contribution in [1.29, 1.82) is 0 Å². The lowest BCUT2D eigenvalue weighted by Crippen LogP contribution is -2.20. The first-order valence-electron chi connectivity index (χ1n) is 21.4. The van der Waals surface area contributed by atoms with Gasteiger partial charge in [0.15, 0.2) is 21.3 Å². The molecule has 0 bridgehead atoms. The SMILES string of the molecule is NNc1nc(NCc2ncccc2F)c2nc(CCNCCc3nc4ccccc4[nH]3)sc2n1.Nc1nc(NCc2ncccc2F)c2nc(CCNCCc3nc4ccccc4[nH]3)sc2n1. The van der Waals surface area contributed by atoms with E-state index in [4.69, 9.17) is 16.6 Å². The molecule has 0 aliphatic carbocycles. The summed E-state index contributed by atoms with van der Waals surface area (Å²) >= 11 is 2.95. The predicted molar refractivity (Wildman–Crippen MR) is 258 cm³/mol. The standard InChI is InChI=1S/C22H23FN10S.C22H22FN9S/c23-13-4-3-9-26-16(13)12-27-20-19-21(32-22(31-20)33-24)34-18(30-19)8-11-25-10-7-17-28-14-5-1-2-6-15(14)29-17;23-13-4-3-9-26-16(13)12-27-20-19-21(32-22(24)31-20)33-18(30-19)8-11-25-10-7-17-28-14-5-1-2-6-15(14)29-17/h1-6,9,25H,7-8,10-12,24H2,(H,28,29)(H2,27,31,32,33);1-6,9,25H,7-8,10-12H2,(H,28,29)(H3,24,27,31,32). The summed E-state index contributed by atoms with van der Waals surface area (Å²) in [5.74, 6) is 8.05. The van der Waals surface area contributed by atoms with Crippen LogP contribution in [-0.2, 0) is 38.8 Å². The van der Waals surface area contributed by atoms with Gasteiger partial charge in [0, 0.05) is 64.3 Å². The number of hydrogen-bond acceptors (Lipinski definition) is 19. The molecule has 11 N–H and O–H groups in total. The number of nitrogen functional groups attached to an aromatic ring is 2. The molecule has 342 valence electrons. The van der Waals surface area contributed by atoms with Crippen LogP contribution in [0.4, 0.5) is 32.3 Å². The Labute approximate surface area is 389 Å². The number of H-pyrrole nitrogens is 2. The molecule has 0 amide bonds. The molecule has 19 nitrogen and oxygen atoms in total. The minimum atomic E-state index is -0.384. The number of aromatic nitrogens is 12. The first kappa shape index (κ1) is 44.7. The zero-order valence-corrected chi connectivity index (χ0v) is 37.5. The van der Waals surface area contributed by atoms with Crippen molar-refractivity contribution in [2.45, 2.75) is 38.8 Å². The minimum Gasteiger partial charge on any atom is -0.368 e. The van der Waals surface area contributed by atoms with E-state index in [9.17, 15) is 8.78 Å². The topological polar surface area (TPSA) is 273 Å². The van der Waals surface area contributed by atoms with Crippen LogP contribution in [0.5, 0.6) is 0 Å². The highest BCUT2D eigenvalue weighted by molar-refractivity contribution is 7.18. The molecule has 0 saturated heterocycles. The fraction of sp³-hybridized carbons (Fsp3) is 0.227. The van der Waals surface area contributed by atoms with Crippen molar-refractivity contribution >= 4 is 89.0 Å². The number of thiazole rings is 2. The Bertz CT molecular complexity index is 3180. The van der Waals surface area contributed by atoms with Crippen molar-refractivity contribution in [2.75, 3.05) is 48.0 Å². The molecule has 10 aromatic rings. The van der Waals surface area contributed by atoms with E-state index in [1.807, 2.05) is 48.5 Å². The first-order chi connectivity index (χ1) is 32.8. The van der Waals surface area contributed by atoms with Gasteiger partial charge in [-0.05, 0) is 48.5 Å². The van der Waals surface area contributed by atoms with Gasteiger partial charge in [0.2, 0.25) is 11.9 Å². The molecule has 23 heteroatoms. The molecule has 8 heterocycles. The van der Waals surface area contributed by atoms with Gasteiger partial charge in [0.25, 0.3) is 0 Å². The molecule has 0 saturated carbocycles. The van der Waals surface area contributed by atoms with E-state index in [1.165, 1.54) is 34.8 Å². The Morgan fingerprint density at radius 1 is 0.537 bits per heavy atom. The van der Waals surface area contributed by atoms with Gasteiger partial charge in [-0.2, -0.15) is 15.0 Å². The number of fused-ring (bicyclic) bond motifs is 4. The number of aromatic amines is 2. The Hall–Kier alpha value is -7.44. The second-order valence-corrected chi connectivity index (χ2v) is 17.1. The largest absolute Gasteiger partial charge is 0.368 e. The fourth-order valence-corrected chi connectivity index (χ4v) is 8.88. The van der Waals surface area contributed by atoms with Crippen LogP contribution in [0.1, 0.15) is 33.1 Å². The molecule has 0 aliphatic heterocycles. The van der Waals surface area contributed by atoms with Gasteiger partial charge < -0.3 is 37.0 Å². The van der Waals surface area contributed by atoms with Gasteiger partial charge >= 0.3 is 0 Å². The Kier molecular flexibility index (Phi) is 14.2. The molecule has 67 heavy (non-hydrogen) atoms. The highest BCUT2D eigenvalue weighted by Gasteiger charge is 2.16. The van der Waals surface area contributed by atoms with Crippen molar-refractivity contribution < 1.29 is 8.78 Å². The molecule has 0 fully saturated rings. The van der Waals surface area contributed by atoms with Crippen LogP contribution in [-0.4, -0.2) is 86.0 Å². The van der Waals surface area contributed by atoms with Crippen molar-refractivity contribution in [3.05, 3.63) is 130 Å². The van der Waals surface area contributed by atoms with Gasteiger partial charge in [-0.1, -0.05) is 46.9 Å². The number of imidazole rings is 2. The van der Waals surface area contributed by atoms with E-state index in [0.717, 1.165) is 95.6 Å². The van der Waals surface area contributed by atoms with E-state index in [-0.39, 0.29) is 36.6 Å². The summed E-state index contributed by atoms with van der Waals surface area (Å²) in [6.07, 6.45) is 6.20. The number of hydrogen-bond donors (Lipinski definition) is 9. The van der Waals surface area contributed by atoms with E-state index in [2.05, 4.69) is 81.5 Å². The average molecular weight is 942 g/mol. The van der Waals surface area contributed by atoms with Gasteiger partial charge in [-0.3, -0.25) is 15.4 Å². The zero-order valence-electron chi connectivity index (χ0n) is 35.9. The molecule has 0 atom stereocenters. The number of hydrazine groups is 1. The van der Waals surface area contributed by atoms with Crippen LogP contribution in [0, 0.1) is 11.6 Å². The maximum absolute atomic E-state index is 13.9. The monoisotopic (exact) mass is 941 g/mol. The number of nitrogens with two attached hydrogens (primary N) is 2. The van der Waals surface area contributed by atoms with Gasteiger partial charge in [0.1, 0.15) is 34.3 Å². The summed E-state index contributed by atoms with van der Waals surface area (Å²) in [5, 5.41) is 14.9. The third kappa shape index (κ3) is 11.3. The molecule has 0 spiro atoms. The predicted octanol–water partition coefficient (Wildman–Crippen LogP) is 5.84. The third-order valence-electron chi connectivity index (χ3n) is 10.3. The summed E-state index contributed by atoms with van der Waals surface area (Å²) in [4.78, 5) is 52.0. The second-order valence-electron chi connectivity index (χ2n) is 15.0. The van der Waals surface area contributed by atoms with Crippen LogP contribution in [0.25, 0.3) is 42.8 Å². The van der Waals surface area contributed by atoms with Crippen LogP contribution >= 0.6 is 22.7 Å². The number of halogens is 2. The summed E-state index contributed by atoms with van der Waals surface area (Å²) in [5.41, 5.74) is 14.2. The number of benzene rings is 2. The molecule has 0 aliphatic rings. The van der Waals surface area contributed by atoms with Crippen molar-refractivity contribution in [3.63, 3.8) is 0 Å². The lowest BCUT2D eigenvalue weighted by atomic mass is 10.3. The maximum Gasteiger partial charge on any atom is 0.240 e. The lowest BCUT2D eigenvalue weighted by molar-refractivity contribution is 0.602. The van der Waals surface area contributed by atoms with Crippen LogP contribution in [0.15, 0.2) is 85.2 Å². The van der Waals surface area contributed by atoms with Crippen LogP contribution in [0.2, 0.25) is 0 Å². The summed E-state index contributed by atoms with van der Waals surface area (Å²) in [7, 11) is 0. The Morgan fingerprint density at radius 3 is 1.54 bits per heavy atom. The number of nitrogens with zero attached hydrogens (tertiary/aromatic N) is 10. The lowest BCUT2D eigenvalue weighted by Gasteiger charge is -2.07. The van der Waals surface area contributed by atoms with Gasteiger partial charge in [-0.25, -0.2) is 39.5 Å². The quantitative estimate of drug-likeness (QED) is 0.0262. The molecule has 2 aromatic carbocycles.